The normalized spacial score (nSPS) is 15.8. The van der Waals surface area contributed by atoms with Gasteiger partial charge in [-0.2, -0.15) is 5.10 Å². The topological polar surface area (TPSA) is 88.9 Å². The highest BCUT2D eigenvalue weighted by Gasteiger charge is 2.44. The smallest absolute Gasteiger partial charge is 0.275 e. The minimum atomic E-state index is -0.940. The molecule has 1 aliphatic heterocycles. The quantitative estimate of drug-likeness (QED) is 0.316. The number of hydrogen-bond donors (Lipinski definition) is 1. The Labute approximate surface area is 233 Å². The van der Waals surface area contributed by atoms with Crippen LogP contribution >= 0.6 is 11.6 Å². The molecule has 1 aromatic heterocycles. The molecule has 3 aromatic carbocycles. The summed E-state index contributed by atoms with van der Waals surface area (Å²) in [5.74, 6) is -2.43. The Kier molecular flexibility index (Phi) is 7.20. The van der Waals surface area contributed by atoms with Crippen LogP contribution in [0.2, 0.25) is 5.02 Å². The average molecular weight is 567 g/mol. The fourth-order valence-corrected chi connectivity index (χ4v) is 5.31. The van der Waals surface area contributed by atoms with E-state index in [2.05, 4.69) is 10.2 Å². The van der Waals surface area contributed by atoms with E-state index < -0.39 is 34.9 Å². The standard InChI is InChI=1S/C29H25ClF2N4O4/c1-15-25(28(37)35(33-15)19-9-5-17(31)6-10-19)27(21-13-23(39-3)24(40-4)14-22(21)30)26-16(2)34-36(29(26)38)20-11-7-18(32)8-12-20/h5-14,25,27,34H,1-4H3. The van der Waals surface area contributed by atoms with Crippen LogP contribution in [0.4, 0.5) is 14.5 Å². The molecular formula is C29H25ClF2N4O4. The van der Waals surface area contributed by atoms with E-state index in [1.807, 2.05) is 0 Å². The molecule has 8 nitrogen and oxygen atoms in total. The zero-order chi connectivity index (χ0) is 28.7. The molecule has 1 N–H and O–H groups in total. The van der Waals surface area contributed by atoms with Crippen molar-refractivity contribution in [1.29, 1.82) is 0 Å². The first-order valence-corrected chi connectivity index (χ1v) is 12.7. The van der Waals surface area contributed by atoms with Gasteiger partial charge in [0.1, 0.15) is 11.6 Å². The van der Waals surface area contributed by atoms with Crippen LogP contribution in [0, 0.1) is 24.5 Å². The molecule has 4 aromatic rings. The minimum Gasteiger partial charge on any atom is -0.493 e. The van der Waals surface area contributed by atoms with Crippen LogP contribution in [0.1, 0.15) is 29.7 Å². The maximum Gasteiger partial charge on any atom is 0.275 e. The van der Waals surface area contributed by atoms with Crippen LogP contribution in [-0.4, -0.2) is 35.6 Å². The number of ether oxygens (including phenoxy) is 2. The van der Waals surface area contributed by atoms with Gasteiger partial charge in [0, 0.05) is 34.0 Å². The lowest BCUT2D eigenvalue weighted by atomic mass is 9.78. The van der Waals surface area contributed by atoms with Crippen molar-refractivity contribution in [2.75, 3.05) is 19.2 Å². The predicted molar refractivity (Wildman–Crippen MR) is 148 cm³/mol. The summed E-state index contributed by atoms with van der Waals surface area (Å²) in [5, 5.41) is 8.97. The van der Waals surface area contributed by atoms with Gasteiger partial charge < -0.3 is 9.47 Å². The Balaban J connectivity index is 1.72. The molecule has 0 bridgehead atoms. The highest BCUT2D eigenvalue weighted by molar-refractivity contribution is 6.32. The third-order valence-electron chi connectivity index (χ3n) is 6.94. The summed E-state index contributed by atoms with van der Waals surface area (Å²) in [6.07, 6.45) is 0. The van der Waals surface area contributed by atoms with Gasteiger partial charge in [0.2, 0.25) is 0 Å². The second kappa shape index (κ2) is 10.6. The molecular weight excluding hydrogens is 542 g/mol. The number of nitrogens with zero attached hydrogens (tertiary/aromatic N) is 3. The SMILES string of the molecule is COc1cc(Cl)c(C(c2c(C)[nH]n(-c3ccc(F)cc3)c2=O)C2C(=O)N(c3ccc(F)cc3)N=C2C)cc1OC. The van der Waals surface area contributed by atoms with E-state index in [0.29, 0.717) is 39.8 Å². The van der Waals surface area contributed by atoms with Crippen LogP contribution in [-0.2, 0) is 4.79 Å². The van der Waals surface area contributed by atoms with Crippen LogP contribution in [0.15, 0.2) is 70.6 Å². The minimum absolute atomic E-state index is 0.247. The maximum absolute atomic E-state index is 14.0. The van der Waals surface area contributed by atoms with Crippen molar-refractivity contribution in [3.8, 4) is 17.2 Å². The summed E-state index contributed by atoms with van der Waals surface area (Å²) in [4.78, 5) is 27.9. The molecule has 0 saturated heterocycles. The first-order chi connectivity index (χ1) is 19.1. The first-order valence-electron chi connectivity index (χ1n) is 12.3. The van der Waals surface area contributed by atoms with Crippen LogP contribution in [0.3, 0.4) is 0 Å². The van der Waals surface area contributed by atoms with Gasteiger partial charge in [-0.3, -0.25) is 14.7 Å². The van der Waals surface area contributed by atoms with Gasteiger partial charge in [0.25, 0.3) is 11.5 Å². The van der Waals surface area contributed by atoms with Gasteiger partial charge in [-0.1, -0.05) is 11.6 Å². The molecule has 40 heavy (non-hydrogen) atoms. The molecule has 1 aliphatic rings. The third-order valence-corrected chi connectivity index (χ3v) is 7.27. The van der Waals surface area contributed by atoms with Crippen molar-refractivity contribution < 1.29 is 23.0 Å². The predicted octanol–water partition coefficient (Wildman–Crippen LogP) is 5.59. The second-order valence-electron chi connectivity index (χ2n) is 9.32. The summed E-state index contributed by atoms with van der Waals surface area (Å²) in [7, 11) is 2.94. The van der Waals surface area contributed by atoms with Crippen LogP contribution in [0.5, 0.6) is 11.5 Å². The summed E-state index contributed by atoms with van der Waals surface area (Å²) < 4.78 is 39.4. The number of H-pyrrole nitrogens is 1. The molecule has 1 amide bonds. The van der Waals surface area contributed by atoms with Crippen molar-refractivity contribution >= 4 is 28.9 Å². The van der Waals surface area contributed by atoms with Crippen LogP contribution < -0.4 is 20.0 Å². The zero-order valence-electron chi connectivity index (χ0n) is 22.0. The summed E-state index contributed by atoms with van der Waals surface area (Å²) in [6, 6.07) is 14.0. The number of rotatable bonds is 7. The largest absolute Gasteiger partial charge is 0.493 e. The fourth-order valence-electron chi connectivity index (χ4n) is 5.04. The van der Waals surface area contributed by atoms with Gasteiger partial charge in [-0.15, -0.1) is 0 Å². The molecule has 2 atom stereocenters. The van der Waals surface area contributed by atoms with Gasteiger partial charge in [-0.05, 0) is 74.0 Å². The molecule has 2 heterocycles. The van der Waals surface area contributed by atoms with E-state index >= 15 is 0 Å². The lowest BCUT2D eigenvalue weighted by Crippen LogP contribution is -2.34. The van der Waals surface area contributed by atoms with Crippen molar-refractivity contribution in [1.82, 2.24) is 9.78 Å². The van der Waals surface area contributed by atoms with Crippen molar-refractivity contribution in [2.24, 2.45) is 11.0 Å². The number of aromatic amines is 1. The van der Waals surface area contributed by atoms with E-state index in [9.17, 15) is 18.4 Å². The monoisotopic (exact) mass is 566 g/mol. The number of hydrogen-bond acceptors (Lipinski definition) is 5. The van der Waals surface area contributed by atoms with Gasteiger partial charge in [0.05, 0.1) is 31.5 Å². The highest BCUT2D eigenvalue weighted by atomic mass is 35.5. The van der Waals surface area contributed by atoms with E-state index in [-0.39, 0.29) is 10.6 Å². The second-order valence-corrected chi connectivity index (χ2v) is 9.73. The van der Waals surface area contributed by atoms with Crippen LogP contribution in [0.25, 0.3) is 5.69 Å². The summed E-state index contributed by atoms with van der Waals surface area (Å²) in [6.45, 7) is 3.40. The molecule has 11 heteroatoms. The number of methoxy groups -OCH3 is 2. The molecule has 5 rings (SSSR count). The zero-order valence-corrected chi connectivity index (χ0v) is 22.8. The number of hydrazone groups is 1. The Bertz CT molecular complexity index is 1680. The number of benzene rings is 3. The number of nitrogens with one attached hydrogen (secondary N) is 1. The van der Waals surface area contributed by atoms with Crippen molar-refractivity contribution in [2.45, 2.75) is 19.8 Å². The number of amides is 1. The number of anilines is 1. The van der Waals surface area contributed by atoms with Gasteiger partial charge in [0.15, 0.2) is 11.5 Å². The maximum atomic E-state index is 14.0. The lowest BCUT2D eigenvalue weighted by Gasteiger charge is -2.25. The average Bonchev–Trinajstić information content (AvgIpc) is 3.40. The Morgan fingerprint density at radius 2 is 1.45 bits per heavy atom. The van der Waals surface area contributed by atoms with E-state index in [1.165, 1.54) is 72.4 Å². The first kappa shape index (κ1) is 27.1. The number of carbonyl (C=O) groups excluding carboxylic acids is 1. The van der Waals surface area contributed by atoms with Crippen molar-refractivity contribution in [3.05, 3.63) is 104 Å². The Hall–Kier alpha value is -4.44. The lowest BCUT2D eigenvalue weighted by molar-refractivity contribution is -0.120. The number of carbonyl (C=O) groups is 1. The molecule has 0 radical (unpaired) electrons. The van der Waals surface area contributed by atoms with Gasteiger partial charge in [-0.25, -0.2) is 18.5 Å². The Morgan fingerprint density at radius 1 is 0.900 bits per heavy atom. The summed E-state index contributed by atoms with van der Waals surface area (Å²) in [5.41, 5.74) is 1.96. The fraction of sp³-hybridized carbons (Fsp3) is 0.207. The van der Waals surface area contributed by atoms with Crippen molar-refractivity contribution in [3.63, 3.8) is 0 Å². The highest BCUT2D eigenvalue weighted by Crippen LogP contribution is 2.44. The van der Waals surface area contributed by atoms with E-state index in [1.54, 1.807) is 26.0 Å². The molecule has 0 fully saturated rings. The molecule has 0 saturated carbocycles. The summed E-state index contributed by atoms with van der Waals surface area (Å²) >= 11 is 6.77. The molecule has 0 spiro atoms. The molecule has 206 valence electrons. The number of aryl methyl sites for hydroxylation is 1. The molecule has 2 unspecified atom stereocenters. The number of halogens is 3. The number of aromatic nitrogens is 2. The van der Waals surface area contributed by atoms with E-state index in [4.69, 9.17) is 21.1 Å². The van der Waals surface area contributed by atoms with E-state index in [0.717, 1.165) is 0 Å². The Morgan fingerprint density at radius 3 is 2.02 bits per heavy atom. The molecule has 0 aliphatic carbocycles. The van der Waals surface area contributed by atoms with Gasteiger partial charge >= 0.3 is 0 Å². The third kappa shape index (κ3) is 4.64.